The third-order valence-corrected chi connectivity index (χ3v) is 2.64. The maximum Gasteiger partial charge on any atom is 0.322 e. The van der Waals surface area contributed by atoms with Crippen LogP contribution in [0, 0.1) is 13.8 Å². The van der Waals surface area contributed by atoms with Gasteiger partial charge in [0, 0.05) is 6.20 Å². The van der Waals surface area contributed by atoms with E-state index in [1.54, 1.807) is 12.3 Å². The molecule has 2 rings (SSSR count). The van der Waals surface area contributed by atoms with Gasteiger partial charge in [0.1, 0.15) is 16.4 Å². The maximum absolute atomic E-state index is 5.64. The summed E-state index contributed by atoms with van der Waals surface area (Å²) in [7, 11) is 0. The second-order valence-corrected chi connectivity index (χ2v) is 4.40. The van der Waals surface area contributed by atoms with Gasteiger partial charge in [-0.3, -0.25) is 0 Å². The van der Waals surface area contributed by atoms with Gasteiger partial charge in [0.15, 0.2) is 0 Å². The Morgan fingerprint density at radius 2 is 2.06 bits per heavy atom. The van der Waals surface area contributed by atoms with Crippen molar-refractivity contribution in [2.24, 2.45) is 5.73 Å². The van der Waals surface area contributed by atoms with E-state index in [9.17, 15) is 0 Å². The molecule has 2 N–H and O–H groups in total. The SMILES string of the molecule is Cc1ccc(C)c(Oc2nccc(C(N)=S)n2)c1. The van der Waals surface area contributed by atoms with Gasteiger partial charge in [0.05, 0.1) is 0 Å². The quantitative estimate of drug-likeness (QED) is 0.858. The molecule has 0 amide bonds. The van der Waals surface area contributed by atoms with Gasteiger partial charge in [-0.05, 0) is 37.1 Å². The molecule has 1 aromatic carbocycles. The van der Waals surface area contributed by atoms with Gasteiger partial charge in [0.25, 0.3) is 0 Å². The van der Waals surface area contributed by atoms with Crippen molar-refractivity contribution in [1.29, 1.82) is 0 Å². The zero-order valence-corrected chi connectivity index (χ0v) is 11.0. The third-order valence-electron chi connectivity index (χ3n) is 2.43. The molecular weight excluding hydrogens is 246 g/mol. The first-order chi connectivity index (χ1) is 8.56. The summed E-state index contributed by atoms with van der Waals surface area (Å²) in [6, 6.07) is 7.84. The van der Waals surface area contributed by atoms with Gasteiger partial charge in [-0.1, -0.05) is 24.4 Å². The Hall–Kier alpha value is -2.01. The molecule has 0 aliphatic carbocycles. The fourth-order valence-electron chi connectivity index (χ4n) is 1.44. The fraction of sp³-hybridized carbons (Fsp3) is 0.154. The molecule has 1 heterocycles. The molecule has 0 bridgehead atoms. The molecule has 0 unspecified atom stereocenters. The number of hydrogen-bond donors (Lipinski definition) is 1. The van der Waals surface area contributed by atoms with Crippen LogP contribution in [-0.4, -0.2) is 15.0 Å². The van der Waals surface area contributed by atoms with Crippen LogP contribution in [0.5, 0.6) is 11.8 Å². The van der Waals surface area contributed by atoms with Crippen LogP contribution in [0.3, 0.4) is 0 Å². The van der Waals surface area contributed by atoms with Crippen LogP contribution in [0.1, 0.15) is 16.8 Å². The first-order valence-corrected chi connectivity index (χ1v) is 5.85. The molecule has 0 aliphatic heterocycles. The van der Waals surface area contributed by atoms with Crippen LogP contribution >= 0.6 is 12.2 Å². The van der Waals surface area contributed by atoms with Crippen LogP contribution in [-0.2, 0) is 0 Å². The van der Waals surface area contributed by atoms with Crippen molar-refractivity contribution in [3.05, 3.63) is 47.3 Å². The first kappa shape index (κ1) is 12.4. The number of aryl methyl sites for hydroxylation is 2. The lowest BCUT2D eigenvalue weighted by Crippen LogP contribution is -2.12. The maximum atomic E-state index is 5.64. The van der Waals surface area contributed by atoms with E-state index in [0.29, 0.717) is 5.69 Å². The number of benzene rings is 1. The molecule has 4 nitrogen and oxygen atoms in total. The highest BCUT2D eigenvalue weighted by Gasteiger charge is 2.06. The van der Waals surface area contributed by atoms with E-state index in [1.165, 1.54) is 0 Å². The Balaban J connectivity index is 2.31. The highest BCUT2D eigenvalue weighted by molar-refractivity contribution is 7.80. The van der Waals surface area contributed by atoms with E-state index in [4.69, 9.17) is 22.7 Å². The topological polar surface area (TPSA) is 61.0 Å². The molecule has 0 atom stereocenters. The monoisotopic (exact) mass is 259 g/mol. The molecule has 0 spiro atoms. The van der Waals surface area contributed by atoms with Crippen molar-refractivity contribution in [3.8, 4) is 11.8 Å². The Bertz CT molecular complexity index is 599. The van der Waals surface area contributed by atoms with Gasteiger partial charge < -0.3 is 10.5 Å². The van der Waals surface area contributed by atoms with Gasteiger partial charge in [-0.15, -0.1) is 0 Å². The molecule has 1 aromatic heterocycles. The average molecular weight is 259 g/mol. The van der Waals surface area contributed by atoms with E-state index in [-0.39, 0.29) is 11.0 Å². The van der Waals surface area contributed by atoms with E-state index in [0.717, 1.165) is 16.9 Å². The molecule has 92 valence electrons. The Morgan fingerprint density at radius 3 is 2.78 bits per heavy atom. The van der Waals surface area contributed by atoms with Gasteiger partial charge in [-0.2, -0.15) is 4.98 Å². The van der Waals surface area contributed by atoms with Crippen molar-refractivity contribution < 1.29 is 4.74 Å². The molecule has 2 aromatic rings. The summed E-state index contributed by atoms with van der Waals surface area (Å²) in [6.07, 6.45) is 1.57. The smallest absolute Gasteiger partial charge is 0.322 e. The molecule has 18 heavy (non-hydrogen) atoms. The zero-order chi connectivity index (χ0) is 13.1. The standard InChI is InChI=1S/C13H13N3OS/c1-8-3-4-9(2)11(7-8)17-13-15-6-5-10(16-13)12(14)18/h3-7H,1-2H3,(H2,14,18). The lowest BCUT2D eigenvalue weighted by Gasteiger charge is -2.08. The summed E-state index contributed by atoms with van der Waals surface area (Å²) in [6.45, 7) is 3.96. The summed E-state index contributed by atoms with van der Waals surface area (Å²) >= 11 is 4.86. The van der Waals surface area contributed by atoms with E-state index >= 15 is 0 Å². The number of thiocarbonyl (C=S) groups is 1. The minimum absolute atomic E-state index is 0.225. The highest BCUT2D eigenvalue weighted by atomic mass is 32.1. The highest BCUT2D eigenvalue weighted by Crippen LogP contribution is 2.23. The normalized spacial score (nSPS) is 10.1. The molecule has 0 saturated carbocycles. The van der Waals surface area contributed by atoms with E-state index < -0.39 is 0 Å². The number of hydrogen-bond acceptors (Lipinski definition) is 4. The first-order valence-electron chi connectivity index (χ1n) is 5.44. The molecular formula is C13H13N3OS. The van der Waals surface area contributed by atoms with Gasteiger partial charge in [0.2, 0.25) is 0 Å². The van der Waals surface area contributed by atoms with Crippen LogP contribution in [0.4, 0.5) is 0 Å². The summed E-state index contributed by atoms with van der Waals surface area (Å²) in [4.78, 5) is 8.40. The van der Waals surface area contributed by atoms with Crippen LogP contribution in [0.15, 0.2) is 30.5 Å². The Kier molecular flexibility index (Phi) is 3.53. The lowest BCUT2D eigenvalue weighted by atomic mass is 10.1. The second-order valence-electron chi connectivity index (χ2n) is 3.96. The minimum Gasteiger partial charge on any atom is -0.424 e. The number of ether oxygens (including phenoxy) is 1. The Morgan fingerprint density at radius 1 is 1.28 bits per heavy atom. The Labute approximate surface area is 111 Å². The largest absolute Gasteiger partial charge is 0.424 e. The molecule has 0 fully saturated rings. The lowest BCUT2D eigenvalue weighted by molar-refractivity contribution is 0.438. The average Bonchev–Trinajstić information content (AvgIpc) is 2.34. The fourth-order valence-corrected chi connectivity index (χ4v) is 1.56. The summed E-state index contributed by atoms with van der Waals surface area (Å²) in [5.41, 5.74) is 8.15. The third kappa shape index (κ3) is 2.81. The molecule has 5 heteroatoms. The van der Waals surface area contributed by atoms with E-state index in [1.807, 2.05) is 32.0 Å². The van der Waals surface area contributed by atoms with Crippen molar-refractivity contribution in [3.63, 3.8) is 0 Å². The van der Waals surface area contributed by atoms with Crippen LogP contribution in [0.25, 0.3) is 0 Å². The predicted octanol–water partition coefficient (Wildman–Crippen LogP) is 2.52. The minimum atomic E-state index is 0.225. The van der Waals surface area contributed by atoms with Gasteiger partial charge >= 0.3 is 6.01 Å². The van der Waals surface area contributed by atoms with Crippen LogP contribution < -0.4 is 10.5 Å². The van der Waals surface area contributed by atoms with Crippen molar-refractivity contribution >= 4 is 17.2 Å². The number of nitrogens with two attached hydrogens (primary N) is 1. The number of rotatable bonds is 3. The summed E-state index contributed by atoms with van der Waals surface area (Å²) in [5.74, 6) is 0.732. The predicted molar refractivity (Wildman–Crippen MR) is 73.9 cm³/mol. The van der Waals surface area contributed by atoms with Crippen molar-refractivity contribution in [1.82, 2.24) is 9.97 Å². The number of nitrogens with zero attached hydrogens (tertiary/aromatic N) is 2. The van der Waals surface area contributed by atoms with Crippen molar-refractivity contribution in [2.45, 2.75) is 13.8 Å². The van der Waals surface area contributed by atoms with E-state index in [2.05, 4.69) is 9.97 Å². The summed E-state index contributed by atoms with van der Waals surface area (Å²) in [5, 5.41) is 0. The molecule has 0 radical (unpaired) electrons. The molecule has 0 aliphatic rings. The zero-order valence-electron chi connectivity index (χ0n) is 10.2. The molecule has 0 saturated heterocycles. The second kappa shape index (κ2) is 5.10. The number of aromatic nitrogens is 2. The van der Waals surface area contributed by atoms with Crippen molar-refractivity contribution in [2.75, 3.05) is 0 Å². The van der Waals surface area contributed by atoms with Gasteiger partial charge in [-0.25, -0.2) is 4.98 Å². The van der Waals surface area contributed by atoms with Crippen LogP contribution in [0.2, 0.25) is 0 Å². The summed E-state index contributed by atoms with van der Waals surface area (Å²) < 4.78 is 5.64.